The Kier molecular flexibility index (Phi) is 5.19. The Morgan fingerprint density at radius 2 is 2.00 bits per heavy atom. The Bertz CT molecular complexity index is 136. The summed E-state index contributed by atoms with van der Waals surface area (Å²) in [6.45, 7) is 7.76. The van der Waals surface area contributed by atoms with Crippen LogP contribution in [0.1, 0.15) is 47.0 Å². The van der Waals surface area contributed by atoms with Gasteiger partial charge in [-0.05, 0) is 25.7 Å². The maximum Gasteiger partial charge on any atom is 0.128 e. The minimum atomic E-state index is -1.12. The molecule has 0 saturated carbocycles. The van der Waals surface area contributed by atoms with E-state index in [-0.39, 0.29) is 5.92 Å². The third-order valence-corrected chi connectivity index (χ3v) is 2.36. The Morgan fingerprint density at radius 3 is 2.42 bits per heavy atom. The third-order valence-electron chi connectivity index (χ3n) is 2.36. The SMILES string of the molecule is CC/C=C\C(C)(F)C(C)CCC. The number of hydrogen-bond donors (Lipinski definition) is 0. The van der Waals surface area contributed by atoms with E-state index < -0.39 is 5.67 Å². The molecule has 12 heavy (non-hydrogen) atoms. The zero-order chi connectivity index (χ0) is 9.61. The molecule has 0 rings (SSSR count). The lowest BCUT2D eigenvalue weighted by molar-refractivity contribution is 0.162. The van der Waals surface area contributed by atoms with Crippen LogP contribution in [0.15, 0.2) is 12.2 Å². The zero-order valence-corrected chi connectivity index (χ0v) is 8.73. The van der Waals surface area contributed by atoms with E-state index >= 15 is 0 Å². The van der Waals surface area contributed by atoms with E-state index in [9.17, 15) is 4.39 Å². The molecule has 0 saturated heterocycles. The molecule has 1 heteroatoms. The highest BCUT2D eigenvalue weighted by molar-refractivity contribution is 5.00. The van der Waals surface area contributed by atoms with E-state index in [1.165, 1.54) is 0 Å². The van der Waals surface area contributed by atoms with E-state index in [1.807, 2.05) is 19.9 Å². The number of hydrogen-bond acceptors (Lipinski definition) is 0. The molecule has 2 atom stereocenters. The largest absolute Gasteiger partial charge is 0.239 e. The average molecular weight is 172 g/mol. The van der Waals surface area contributed by atoms with Gasteiger partial charge < -0.3 is 0 Å². The minimum absolute atomic E-state index is 0.130. The molecule has 0 nitrogen and oxygen atoms in total. The Morgan fingerprint density at radius 1 is 1.42 bits per heavy atom. The predicted molar refractivity (Wildman–Crippen MR) is 53.0 cm³/mol. The highest BCUT2D eigenvalue weighted by Gasteiger charge is 2.26. The van der Waals surface area contributed by atoms with Crippen molar-refractivity contribution in [2.45, 2.75) is 52.6 Å². The summed E-state index contributed by atoms with van der Waals surface area (Å²) < 4.78 is 13.8. The van der Waals surface area contributed by atoms with Crippen LogP contribution in [0.3, 0.4) is 0 Å². The molecule has 0 aliphatic rings. The Balaban J connectivity index is 4.07. The molecule has 0 heterocycles. The maximum absolute atomic E-state index is 13.8. The number of alkyl halides is 1. The molecule has 0 N–H and O–H groups in total. The third kappa shape index (κ3) is 3.89. The molecule has 0 aromatic rings. The first-order chi connectivity index (χ1) is 5.54. The summed E-state index contributed by atoms with van der Waals surface area (Å²) in [7, 11) is 0. The van der Waals surface area contributed by atoms with Crippen molar-refractivity contribution in [2.24, 2.45) is 5.92 Å². The number of halogens is 1. The standard InChI is InChI=1S/C11H21F/c1-5-7-9-11(4,12)10(3)8-6-2/h7,9-10H,5-6,8H2,1-4H3/b9-7-. The smallest absolute Gasteiger partial charge is 0.128 e. The van der Waals surface area contributed by atoms with Gasteiger partial charge in [0.2, 0.25) is 0 Å². The molecular weight excluding hydrogens is 151 g/mol. The molecule has 0 fully saturated rings. The Labute approximate surface area is 75.9 Å². The van der Waals surface area contributed by atoms with E-state index in [1.54, 1.807) is 13.0 Å². The van der Waals surface area contributed by atoms with Gasteiger partial charge in [-0.25, -0.2) is 4.39 Å². The molecule has 0 spiro atoms. The predicted octanol–water partition coefficient (Wildman–Crippen LogP) is 4.12. The Hall–Kier alpha value is -0.330. The van der Waals surface area contributed by atoms with Crippen LogP contribution < -0.4 is 0 Å². The van der Waals surface area contributed by atoms with Crippen molar-refractivity contribution in [3.05, 3.63) is 12.2 Å². The first-order valence-electron chi connectivity index (χ1n) is 4.91. The monoisotopic (exact) mass is 172 g/mol. The fourth-order valence-corrected chi connectivity index (χ4v) is 1.23. The van der Waals surface area contributed by atoms with Crippen molar-refractivity contribution >= 4 is 0 Å². The molecule has 0 radical (unpaired) electrons. The van der Waals surface area contributed by atoms with Crippen molar-refractivity contribution in [3.63, 3.8) is 0 Å². The maximum atomic E-state index is 13.8. The molecular formula is C11H21F. The van der Waals surface area contributed by atoms with Crippen LogP contribution in [0.2, 0.25) is 0 Å². The molecule has 0 bridgehead atoms. The van der Waals surface area contributed by atoms with Crippen molar-refractivity contribution in [1.82, 2.24) is 0 Å². The first-order valence-corrected chi connectivity index (χ1v) is 4.91. The van der Waals surface area contributed by atoms with Crippen LogP contribution in [0.5, 0.6) is 0 Å². The summed E-state index contributed by atoms with van der Waals surface area (Å²) >= 11 is 0. The van der Waals surface area contributed by atoms with Crippen molar-refractivity contribution in [1.29, 1.82) is 0 Å². The fourth-order valence-electron chi connectivity index (χ4n) is 1.23. The van der Waals surface area contributed by atoms with Gasteiger partial charge in [0.05, 0.1) is 0 Å². The van der Waals surface area contributed by atoms with Gasteiger partial charge in [-0.2, -0.15) is 0 Å². The van der Waals surface area contributed by atoms with E-state index in [4.69, 9.17) is 0 Å². The molecule has 0 aliphatic heterocycles. The number of allylic oxidation sites excluding steroid dienone is 2. The lowest BCUT2D eigenvalue weighted by Gasteiger charge is -2.23. The van der Waals surface area contributed by atoms with Crippen molar-refractivity contribution in [3.8, 4) is 0 Å². The van der Waals surface area contributed by atoms with E-state index in [0.717, 1.165) is 19.3 Å². The second kappa shape index (κ2) is 5.34. The summed E-state index contributed by atoms with van der Waals surface area (Å²) in [5.41, 5.74) is -1.12. The van der Waals surface area contributed by atoms with Crippen LogP contribution in [-0.4, -0.2) is 5.67 Å². The molecule has 0 aromatic carbocycles. The highest BCUT2D eigenvalue weighted by atomic mass is 19.1. The van der Waals surface area contributed by atoms with Crippen LogP contribution in [0.4, 0.5) is 4.39 Å². The average Bonchev–Trinajstić information content (AvgIpc) is 2.01. The lowest BCUT2D eigenvalue weighted by Crippen LogP contribution is -2.24. The van der Waals surface area contributed by atoms with Gasteiger partial charge >= 0.3 is 0 Å². The van der Waals surface area contributed by atoms with Gasteiger partial charge in [0.1, 0.15) is 5.67 Å². The van der Waals surface area contributed by atoms with Gasteiger partial charge in [-0.15, -0.1) is 0 Å². The second-order valence-electron chi connectivity index (χ2n) is 3.65. The summed E-state index contributed by atoms with van der Waals surface area (Å²) in [5.74, 6) is 0.130. The normalized spacial score (nSPS) is 19.4. The lowest BCUT2D eigenvalue weighted by atomic mass is 9.88. The van der Waals surface area contributed by atoms with Crippen LogP contribution in [0.25, 0.3) is 0 Å². The van der Waals surface area contributed by atoms with Gasteiger partial charge in [-0.1, -0.05) is 39.3 Å². The van der Waals surface area contributed by atoms with Crippen LogP contribution >= 0.6 is 0 Å². The topological polar surface area (TPSA) is 0 Å². The summed E-state index contributed by atoms with van der Waals surface area (Å²) in [4.78, 5) is 0. The molecule has 0 aliphatic carbocycles. The van der Waals surface area contributed by atoms with Gasteiger partial charge in [0.25, 0.3) is 0 Å². The minimum Gasteiger partial charge on any atom is -0.239 e. The summed E-state index contributed by atoms with van der Waals surface area (Å²) in [6.07, 6.45) is 6.54. The fraction of sp³-hybridized carbons (Fsp3) is 0.818. The summed E-state index contributed by atoms with van der Waals surface area (Å²) in [5, 5.41) is 0. The van der Waals surface area contributed by atoms with Crippen LogP contribution in [0, 0.1) is 5.92 Å². The zero-order valence-electron chi connectivity index (χ0n) is 8.73. The van der Waals surface area contributed by atoms with E-state index in [2.05, 4.69) is 6.92 Å². The molecule has 2 unspecified atom stereocenters. The number of rotatable bonds is 5. The van der Waals surface area contributed by atoms with Crippen LogP contribution in [-0.2, 0) is 0 Å². The quantitative estimate of drug-likeness (QED) is 0.547. The van der Waals surface area contributed by atoms with E-state index in [0.29, 0.717) is 0 Å². The summed E-state index contributed by atoms with van der Waals surface area (Å²) in [6, 6.07) is 0. The second-order valence-corrected chi connectivity index (χ2v) is 3.65. The molecule has 72 valence electrons. The molecule has 0 aromatic heterocycles. The van der Waals surface area contributed by atoms with Gasteiger partial charge in [0, 0.05) is 0 Å². The van der Waals surface area contributed by atoms with Crippen molar-refractivity contribution < 1.29 is 4.39 Å². The van der Waals surface area contributed by atoms with Gasteiger partial charge in [-0.3, -0.25) is 0 Å². The van der Waals surface area contributed by atoms with Gasteiger partial charge in [0.15, 0.2) is 0 Å². The molecule has 0 amide bonds. The first kappa shape index (κ1) is 11.7. The highest BCUT2D eigenvalue weighted by Crippen LogP contribution is 2.27. The van der Waals surface area contributed by atoms with Crippen molar-refractivity contribution in [2.75, 3.05) is 0 Å².